The van der Waals surface area contributed by atoms with Crippen molar-refractivity contribution in [2.24, 2.45) is 0 Å². The monoisotopic (exact) mass is 653 g/mol. The third-order valence-electron chi connectivity index (χ3n) is 6.64. The Kier molecular flexibility index (Phi) is 12.4. The molecular weight excluding hydrogens is 621 g/mol. The zero-order valence-electron chi connectivity index (χ0n) is 23.6. The van der Waals surface area contributed by atoms with Gasteiger partial charge in [-0.15, -0.1) is 0 Å². The molecule has 42 heavy (non-hydrogen) atoms. The van der Waals surface area contributed by atoms with E-state index in [0.29, 0.717) is 27.9 Å². The maximum atomic E-state index is 14.2. The first-order valence-electron chi connectivity index (χ1n) is 13.5. The van der Waals surface area contributed by atoms with Crippen molar-refractivity contribution in [3.63, 3.8) is 0 Å². The SMILES string of the molecule is CCCCNC(=O)[C@H](CC)N(Cc1c(Cl)cccc1Cl)C(=O)CN(c1ccc(OC)c(Cl)c1)S(=O)(=O)c1ccccc1. The summed E-state index contributed by atoms with van der Waals surface area (Å²) in [5.41, 5.74) is 0.591. The van der Waals surface area contributed by atoms with E-state index in [1.165, 1.54) is 42.3 Å². The molecule has 0 spiro atoms. The van der Waals surface area contributed by atoms with Crippen molar-refractivity contribution in [3.05, 3.63) is 87.4 Å². The molecule has 0 heterocycles. The van der Waals surface area contributed by atoms with E-state index in [0.717, 1.165) is 17.1 Å². The summed E-state index contributed by atoms with van der Waals surface area (Å²) in [5, 5.41) is 3.68. The summed E-state index contributed by atoms with van der Waals surface area (Å²) in [4.78, 5) is 28.8. The predicted molar refractivity (Wildman–Crippen MR) is 168 cm³/mol. The number of sulfonamides is 1. The molecule has 0 bridgehead atoms. The van der Waals surface area contributed by atoms with E-state index in [4.69, 9.17) is 39.5 Å². The van der Waals surface area contributed by atoms with Crippen LogP contribution < -0.4 is 14.4 Å². The van der Waals surface area contributed by atoms with Crippen LogP contribution in [0.1, 0.15) is 38.7 Å². The highest BCUT2D eigenvalue weighted by Gasteiger charge is 2.34. The van der Waals surface area contributed by atoms with Crippen molar-refractivity contribution < 1.29 is 22.7 Å². The number of benzene rings is 3. The van der Waals surface area contributed by atoms with Crippen LogP contribution in [0.25, 0.3) is 0 Å². The van der Waals surface area contributed by atoms with E-state index in [2.05, 4.69) is 5.32 Å². The predicted octanol–water partition coefficient (Wildman–Crippen LogP) is 6.57. The molecule has 0 saturated carbocycles. The zero-order valence-corrected chi connectivity index (χ0v) is 26.7. The summed E-state index contributed by atoms with van der Waals surface area (Å²) in [6, 6.07) is 16.2. The van der Waals surface area contributed by atoms with E-state index >= 15 is 0 Å². The van der Waals surface area contributed by atoms with Crippen LogP contribution >= 0.6 is 34.8 Å². The molecule has 0 unspecified atom stereocenters. The Hall–Kier alpha value is -2.98. The highest BCUT2D eigenvalue weighted by molar-refractivity contribution is 7.92. The number of methoxy groups -OCH3 is 1. The normalized spacial score (nSPS) is 12.0. The zero-order chi connectivity index (χ0) is 30.9. The average molecular weight is 655 g/mol. The lowest BCUT2D eigenvalue weighted by molar-refractivity contribution is -0.140. The molecule has 1 N–H and O–H groups in total. The van der Waals surface area contributed by atoms with E-state index in [9.17, 15) is 18.0 Å². The van der Waals surface area contributed by atoms with Crippen LogP contribution in [0.5, 0.6) is 5.75 Å². The number of carbonyl (C=O) groups excluding carboxylic acids is 2. The first kappa shape index (κ1) is 33.5. The first-order valence-corrected chi connectivity index (χ1v) is 16.0. The van der Waals surface area contributed by atoms with Crippen molar-refractivity contribution in [2.75, 3.05) is 24.5 Å². The van der Waals surface area contributed by atoms with Crippen LogP contribution in [-0.2, 0) is 26.2 Å². The smallest absolute Gasteiger partial charge is 0.264 e. The molecule has 0 aliphatic rings. The van der Waals surface area contributed by atoms with Gasteiger partial charge in [0.25, 0.3) is 10.0 Å². The van der Waals surface area contributed by atoms with Gasteiger partial charge in [-0.25, -0.2) is 8.42 Å². The molecule has 3 aromatic carbocycles. The lowest BCUT2D eigenvalue weighted by atomic mass is 10.1. The second-order valence-electron chi connectivity index (χ2n) is 9.43. The molecule has 3 aromatic rings. The fourth-order valence-electron chi connectivity index (χ4n) is 4.34. The van der Waals surface area contributed by atoms with Gasteiger partial charge >= 0.3 is 0 Å². The molecule has 0 aromatic heterocycles. The Morgan fingerprint density at radius 2 is 1.60 bits per heavy atom. The lowest BCUT2D eigenvalue weighted by Crippen LogP contribution is -2.52. The van der Waals surface area contributed by atoms with Gasteiger partial charge in [0.15, 0.2) is 0 Å². The minimum absolute atomic E-state index is 0.0187. The Morgan fingerprint density at radius 3 is 2.17 bits per heavy atom. The number of hydrogen-bond acceptors (Lipinski definition) is 5. The van der Waals surface area contributed by atoms with Crippen LogP contribution in [0.3, 0.4) is 0 Å². The standard InChI is InChI=1S/C30H34Cl3N3O5S/c1-4-6-17-34-30(38)27(5-2)35(19-23-24(31)13-10-14-25(23)32)29(37)20-36(21-15-16-28(41-3)26(33)18-21)42(39,40)22-11-8-7-9-12-22/h7-16,18,27H,4-6,17,19-20H2,1-3H3,(H,34,38)/t27-/m0/s1. The van der Waals surface area contributed by atoms with Crippen molar-refractivity contribution in [3.8, 4) is 5.75 Å². The van der Waals surface area contributed by atoms with E-state index in [1.54, 1.807) is 43.3 Å². The van der Waals surface area contributed by atoms with Gasteiger partial charge < -0.3 is 15.0 Å². The van der Waals surface area contributed by atoms with Gasteiger partial charge in [-0.3, -0.25) is 13.9 Å². The Morgan fingerprint density at radius 1 is 0.929 bits per heavy atom. The third-order valence-corrected chi connectivity index (χ3v) is 9.43. The summed E-state index contributed by atoms with van der Waals surface area (Å²) in [6.07, 6.45) is 1.92. The van der Waals surface area contributed by atoms with E-state index in [-0.39, 0.29) is 34.5 Å². The third kappa shape index (κ3) is 8.10. The van der Waals surface area contributed by atoms with Crippen LogP contribution in [0.15, 0.2) is 71.6 Å². The second kappa shape index (κ2) is 15.5. The van der Waals surface area contributed by atoms with Crippen LogP contribution in [0, 0.1) is 0 Å². The summed E-state index contributed by atoms with van der Waals surface area (Å²) in [6.45, 7) is 3.49. The van der Waals surface area contributed by atoms with Gasteiger partial charge in [-0.2, -0.15) is 0 Å². The van der Waals surface area contributed by atoms with Gasteiger partial charge in [0, 0.05) is 28.7 Å². The molecule has 0 saturated heterocycles. The second-order valence-corrected chi connectivity index (χ2v) is 12.5. The molecule has 8 nitrogen and oxygen atoms in total. The first-order chi connectivity index (χ1) is 20.0. The molecule has 0 radical (unpaired) electrons. The van der Waals surface area contributed by atoms with E-state index < -0.39 is 28.5 Å². The number of carbonyl (C=O) groups is 2. The number of ether oxygens (including phenoxy) is 1. The minimum atomic E-state index is -4.24. The minimum Gasteiger partial charge on any atom is -0.495 e. The fraction of sp³-hybridized carbons (Fsp3) is 0.333. The highest BCUT2D eigenvalue weighted by atomic mass is 35.5. The molecule has 2 amide bonds. The number of nitrogens with zero attached hydrogens (tertiary/aromatic N) is 2. The molecule has 0 aliphatic heterocycles. The quantitative estimate of drug-likeness (QED) is 0.198. The number of halogens is 3. The summed E-state index contributed by atoms with van der Waals surface area (Å²) in [5.74, 6) is -0.643. The summed E-state index contributed by atoms with van der Waals surface area (Å²) >= 11 is 19.3. The molecule has 3 rings (SSSR count). The van der Waals surface area contributed by atoms with Crippen molar-refractivity contribution in [1.82, 2.24) is 10.2 Å². The summed E-state index contributed by atoms with van der Waals surface area (Å²) in [7, 11) is -2.80. The Labute approximate surface area is 262 Å². The average Bonchev–Trinajstić information content (AvgIpc) is 2.97. The molecule has 0 fully saturated rings. The molecular formula is C30H34Cl3N3O5S. The number of anilines is 1. The van der Waals surface area contributed by atoms with Crippen molar-refractivity contribution in [2.45, 2.75) is 50.6 Å². The van der Waals surface area contributed by atoms with Crippen molar-refractivity contribution in [1.29, 1.82) is 0 Å². The number of amides is 2. The van der Waals surface area contributed by atoms with Crippen LogP contribution in [-0.4, -0.2) is 51.4 Å². The number of nitrogens with one attached hydrogen (secondary N) is 1. The maximum absolute atomic E-state index is 14.2. The lowest BCUT2D eigenvalue weighted by Gasteiger charge is -2.33. The number of hydrogen-bond donors (Lipinski definition) is 1. The van der Waals surface area contributed by atoms with Gasteiger partial charge in [0.05, 0.1) is 22.7 Å². The summed E-state index contributed by atoms with van der Waals surface area (Å²) < 4.78 is 34.1. The van der Waals surface area contributed by atoms with Gasteiger partial charge in [0.2, 0.25) is 11.8 Å². The van der Waals surface area contributed by atoms with Gasteiger partial charge in [-0.05, 0) is 55.3 Å². The molecule has 12 heteroatoms. The largest absolute Gasteiger partial charge is 0.495 e. The Balaban J connectivity index is 2.10. The topological polar surface area (TPSA) is 96.0 Å². The number of rotatable bonds is 14. The Bertz CT molecular complexity index is 1470. The highest BCUT2D eigenvalue weighted by Crippen LogP contribution is 2.33. The van der Waals surface area contributed by atoms with Crippen molar-refractivity contribution >= 4 is 62.3 Å². The molecule has 0 aliphatic carbocycles. The van der Waals surface area contributed by atoms with Crippen LogP contribution in [0.2, 0.25) is 15.1 Å². The molecule has 1 atom stereocenters. The maximum Gasteiger partial charge on any atom is 0.264 e. The van der Waals surface area contributed by atoms with Gasteiger partial charge in [0.1, 0.15) is 18.3 Å². The molecule has 226 valence electrons. The van der Waals surface area contributed by atoms with E-state index in [1.807, 2.05) is 6.92 Å². The van der Waals surface area contributed by atoms with Crippen LogP contribution in [0.4, 0.5) is 5.69 Å². The van der Waals surface area contributed by atoms with Gasteiger partial charge in [-0.1, -0.05) is 79.3 Å². The number of unbranched alkanes of at least 4 members (excludes halogenated alkanes) is 1. The fourth-order valence-corrected chi connectivity index (χ4v) is 6.53.